The number of imide groups is 2. The van der Waals surface area contributed by atoms with Gasteiger partial charge in [-0.3, -0.25) is 39.1 Å². The number of fused-ring (bicyclic) bond motifs is 2. The maximum atomic E-state index is 13.6. The Bertz CT molecular complexity index is 2180. The molecule has 0 aromatic heterocycles. The predicted molar refractivity (Wildman–Crippen MR) is 214 cm³/mol. The van der Waals surface area contributed by atoms with E-state index in [0.717, 1.165) is 91.2 Å². The molecular weight excluding hydrogens is 742 g/mol. The van der Waals surface area contributed by atoms with Gasteiger partial charge in [0.05, 0.1) is 21.7 Å². The summed E-state index contributed by atoms with van der Waals surface area (Å²) in [7, 11) is 0. The van der Waals surface area contributed by atoms with Gasteiger partial charge in [0.2, 0.25) is 11.8 Å². The molecule has 5 amide bonds. The first-order valence-electron chi connectivity index (χ1n) is 20.2. The van der Waals surface area contributed by atoms with Crippen molar-refractivity contribution in [3.05, 3.63) is 93.0 Å². The number of hydrogen-bond donors (Lipinski definition) is 1. The number of rotatable bonds is 6. The maximum Gasteiger partial charge on any atom is 0.262 e. The third kappa shape index (κ3) is 6.84. The normalized spacial score (nSPS) is 23.6. The Morgan fingerprint density at radius 1 is 0.877 bits per heavy atom. The van der Waals surface area contributed by atoms with Crippen molar-refractivity contribution >= 4 is 52.5 Å². The number of likely N-dealkylation sites (tertiary alicyclic amines) is 1. The van der Waals surface area contributed by atoms with E-state index in [9.17, 15) is 29.2 Å². The van der Waals surface area contributed by atoms with Crippen molar-refractivity contribution in [3.63, 3.8) is 0 Å². The highest BCUT2D eigenvalue weighted by molar-refractivity contribution is 6.32. The van der Waals surface area contributed by atoms with Crippen molar-refractivity contribution in [1.29, 1.82) is 5.26 Å². The summed E-state index contributed by atoms with van der Waals surface area (Å²) in [5.74, 6) is -1.44. The Kier molecular flexibility index (Phi) is 9.56. The van der Waals surface area contributed by atoms with Crippen LogP contribution in [0.25, 0.3) is 0 Å². The molecule has 1 N–H and O–H groups in total. The number of nitrogens with zero attached hydrogens (tertiary/aromatic N) is 6. The van der Waals surface area contributed by atoms with Gasteiger partial charge in [-0.25, -0.2) is 0 Å². The van der Waals surface area contributed by atoms with Gasteiger partial charge in [0, 0.05) is 81.8 Å². The predicted octanol–water partition coefficient (Wildman–Crippen LogP) is 5.37. The summed E-state index contributed by atoms with van der Waals surface area (Å²) in [4.78, 5) is 74.5. The average Bonchev–Trinajstić information content (AvgIpc) is 3.84. The second-order valence-corrected chi connectivity index (χ2v) is 17.4. The van der Waals surface area contributed by atoms with E-state index in [1.54, 1.807) is 0 Å². The van der Waals surface area contributed by atoms with Gasteiger partial charge in [-0.05, 0) is 123 Å². The number of benzene rings is 3. The molecule has 13 heteroatoms. The zero-order valence-corrected chi connectivity index (χ0v) is 32.9. The molecule has 2 atom stereocenters. The van der Waals surface area contributed by atoms with E-state index in [-0.39, 0.29) is 24.2 Å². The first-order valence-corrected chi connectivity index (χ1v) is 20.6. The van der Waals surface area contributed by atoms with E-state index in [1.165, 1.54) is 0 Å². The van der Waals surface area contributed by atoms with Crippen molar-refractivity contribution in [2.24, 2.45) is 11.3 Å². The lowest BCUT2D eigenvalue weighted by atomic mass is 9.76. The molecule has 4 saturated heterocycles. The minimum atomic E-state index is -0.968. The Balaban J connectivity index is 0.745. The molecule has 9 rings (SSSR count). The topological polar surface area (TPSA) is 137 Å². The van der Waals surface area contributed by atoms with Gasteiger partial charge in [-0.2, -0.15) is 5.26 Å². The zero-order valence-electron chi connectivity index (χ0n) is 32.1. The van der Waals surface area contributed by atoms with Crippen LogP contribution in [0.2, 0.25) is 5.02 Å². The van der Waals surface area contributed by atoms with Crippen molar-refractivity contribution in [1.82, 2.24) is 20.0 Å². The number of halogens is 1. The first-order chi connectivity index (χ1) is 27.5. The highest BCUT2D eigenvalue weighted by atomic mass is 35.5. The molecule has 3 aromatic carbocycles. The molecule has 294 valence electrons. The Hall–Kier alpha value is -5.25. The highest BCUT2D eigenvalue weighted by Gasteiger charge is 2.46. The lowest BCUT2D eigenvalue weighted by Gasteiger charge is -2.40. The Morgan fingerprint density at radius 2 is 1.53 bits per heavy atom. The molecule has 6 aliphatic rings. The van der Waals surface area contributed by atoms with E-state index in [1.807, 2.05) is 47.4 Å². The SMILES string of the molecule is C[C@H]1CC2(CCN(c3ccc(C(=O)N4CCC(CN5Cc6cc7c(cc6C5)C(=O)N([C@@H]5CCC(=O)NC5=O)C7=O)CC4)cc3)CC2)CN1c1ccc(C#N)c(Cl)c1. The summed E-state index contributed by atoms with van der Waals surface area (Å²) >= 11 is 6.37. The van der Waals surface area contributed by atoms with Crippen molar-refractivity contribution in [2.45, 2.75) is 77.0 Å². The van der Waals surface area contributed by atoms with Crippen LogP contribution in [0, 0.1) is 22.7 Å². The zero-order chi connectivity index (χ0) is 39.6. The average molecular weight is 788 g/mol. The number of piperidine rings is 3. The molecule has 6 heterocycles. The van der Waals surface area contributed by atoms with Crippen molar-refractivity contribution in [2.75, 3.05) is 49.1 Å². The number of anilines is 2. The Labute approximate surface area is 337 Å². The smallest absolute Gasteiger partial charge is 0.262 e. The molecule has 3 aromatic rings. The molecule has 0 bridgehead atoms. The monoisotopic (exact) mass is 787 g/mol. The van der Waals surface area contributed by atoms with Crippen LogP contribution in [0.4, 0.5) is 11.4 Å². The van der Waals surface area contributed by atoms with Crippen LogP contribution in [-0.4, -0.2) is 95.6 Å². The van der Waals surface area contributed by atoms with E-state index < -0.39 is 29.7 Å². The van der Waals surface area contributed by atoms with Gasteiger partial charge < -0.3 is 14.7 Å². The maximum absolute atomic E-state index is 13.6. The molecule has 4 fully saturated rings. The number of amides is 5. The van der Waals surface area contributed by atoms with Crippen molar-refractivity contribution in [3.8, 4) is 6.07 Å². The Morgan fingerprint density at radius 3 is 2.14 bits per heavy atom. The second kappa shape index (κ2) is 14.6. The standard InChI is InChI=1S/C44H46ClN7O5/c1-27-21-44(26-51(27)34-7-4-30(22-46)37(45)20-34)12-16-49(17-13-44)33-5-2-29(3-6-33)41(55)50-14-10-28(11-15-50)23-48-24-31-18-35-36(19-32(31)25-48)43(57)52(42(35)56)38-8-9-39(53)47-40(38)54/h2-7,18-20,27-28,38H,8-17,21,23-26H2,1H3,(H,47,53,54)/t27-,38+/m0/s1. The molecule has 0 saturated carbocycles. The summed E-state index contributed by atoms with van der Waals surface area (Å²) < 4.78 is 0. The third-order valence-corrected chi connectivity index (χ3v) is 13.8. The van der Waals surface area contributed by atoms with E-state index in [0.29, 0.717) is 59.9 Å². The van der Waals surface area contributed by atoms with Crippen LogP contribution in [-0.2, 0) is 22.7 Å². The third-order valence-electron chi connectivity index (χ3n) is 13.4. The fourth-order valence-electron chi connectivity index (χ4n) is 10.3. The van der Waals surface area contributed by atoms with E-state index in [2.05, 4.69) is 45.1 Å². The fraction of sp³-hybridized carbons (Fsp3) is 0.455. The molecule has 57 heavy (non-hydrogen) atoms. The minimum Gasteiger partial charge on any atom is -0.371 e. The van der Waals surface area contributed by atoms with Crippen LogP contribution in [0.5, 0.6) is 0 Å². The largest absolute Gasteiger partial charge is 0.371 e. The van der Waals surface area contributed by atoms with Crippen LogP contribution < -0.4 is 15.1 Å². The first kappa shape index (κ1) is 37.3. The highest BCUT2D eigenvalue weighted by Crippen LogP contribution is 2.46. The number of carbonyl (C=O) groups excluding carboxylic acids is 5. The summed E-state index contributed by atoms with van der Waals surface area (Å²) in [6.45, 7) is 8.85. The molecule has 1 spiro atoms. The molecule has 0 radical (unpaired) electrons. The molecule has 0 aliphatic carbocycles. The summed E-state index contributed by atoms with van der Waals surface area (Å²) in [5.41, 5.74) is 6.40. The summed E-state index contributed by atoms with van der Waals surface area (Å²) in [6, 6.07) is 19.1. The number of carbonyl (C=O) groups is 5. The van der Waals surface area contributed by atoms with Gasteiger partial charge in [0.15, 0.2) is 0 Å². The van der Waals surface area contributed by atoms with Crippen LogP contribution in [0.15, 0.2) is 54.6 Å². The molecule has 6 aliphatic heterocycles. The lowest BCUT2D eigenvalue weighted by molar-refractivity contribution is -0.136. The van der Waals surface area contributed by atoms with Crippen LogP contribution in [0.3, 0.4) is 0 Å². The molecule has 0 unspecified atom stereocenters. The summed E-state index contributed by atoms with van der Waals surface area (Å²) in [6.07, 6.45) is 5.39. The quantitative estimate of drug-likeness (QED) is 0.327. The van der Waals surface area contributed by atoms with Gasteiger partial charge in [0.1, 0.15) is 12.1 Å². The van der Waals surface area contributed by atoms with Gasteiger partial charge in [-0.15, -0.1) is 0 Å². The van der Waals surface area contributed by atoms with Crippen molar-refractivity contribution < 1.29 is 24.0 Å². The molecular formula is C44H46ClN7O5. The number of nitriles is 1. The second-order valence-electron chi connectivity index (χ2n) is 17.0. The van der Waals surface area contributed by atoms with Gasteiger partial charge >= 0.3 is 0 Å². The minimum absolute atomic E-state index is 0.0734. The summed E-state index contributed by atoms with van der Waals surface area (Å²) in [5, 5.41) is 12.0. The van der Waals surface area contributed by atoms with E-state index in [4.69, 9.17) is 11.6 Å². The van der Waals surface area contributed by atoms with Gasteiger partial charge in [-0.1, -0.05) is 11.6 Å². The number of hydrogen-bond acceptors (Lipinski definition) is 9. The van der Waals surface area contributed by atoms with E-state index >= 15 is 0 Å². The lowest BCUT2D eigenvalue weighted by Crippen LogP contribution is -2.54. The molecule has 12 nitrogen and oxygen atoms in total. The van der Waals surface area contributed by atoms with Gasteiger partial charge in [0.25, 0.3) is 17.7 Å². The van der Waals surface area contributed by atoms with Crippen LogP contribution >= 0.6 is 11.6 Å². The fourth-order valence-corrected chi connectivity index (χ4v) is 10.5. The van der Waals surface area contributed by atoms with Crippen LogP contribution in [0.1, 0.15) is 99.6 Å². The number of nitrogens with one attached hydrogen (secondary N) is 1.